The topological polar surface area (TPSA) is 178 Å². The molecule has 292 valence electrons. The SMILES string of the molecule is CCC1OC(=O)[C@H](C)C(OS(=O)(=O)Cc2ccccc2)[C@H](C)[C@@H](O[C@@H]2O[C@H](C)C[C@H](N(C)C)[C@H]2O)[C@](C)(OC)C[C@@H](C)C(=O)[C@H](C)[C@@H](O)[C@]1(C)O. The first-order valence-electron chi connectivity index (χ1n) is 17.9. The predicted octanol–water partition coefficient (Wildman–Crippen LogP) is 3.07. The van der Waals surface area contributed by atoms with Crippen LogP contribution in [-0.2, 0) is 48.6 Å². The summed E-state index contributed by atoms with van der Waals surface area (Å²) in [6, 6.07) is 8.12. The minimum absolute atomic E-state index is 0.0194. The number of carbonyl (C=O) groups is 2. The number of aliphatic hydroxyl groups is 3. The smallest absolute Gasteiger partial charge is 0.311 e. The van der Waals surface area contributed by atoms with Gasteiger partial charge in [-0.05, 0) is 66.6 Å². The Labute approximate surface area is 304 Å². The molecule has 0 spiro atoms. The summed E-state index contributed by atoms with van der Waals surface area (Å²) < 4.78 is 58.2. The zero-order valence-corrected chi connectivity index (χ0v) is 32.8. The summed E-state index contributed by atoms with van der Waals surface area (Å²) in [7, 11) is 0.754. The third-order valence-electron chi connectivity index (χ3n) is 10.9. The lowest BCUT2D eigenvalue weighted by molar-refractivity contribution is -0.300. The number of ether oxygens (including phenoxy) is 4. The number of Topliss-reactive ketones (excluding diaryl/α,β-unsaturated/α-hetero) is 1. The quantitative estimate of drug-likeness (QED) is 0.249. The van der Waals surface area contributed by atoms with E-state index in [1.165, 1.54) is 27.9 Å². The molecule has 0 saturated carbocycles. The van der Waals surface area contributed by atoms with Gasteiger partial charge in [0.05, 0.1) is 35.9 Å². The van der Waals surface area contributed by atoms with Crippen molar-refractivity contribution in [3.8, 4) is 0 Å². The summed E-state index contributed by atoms with van der Waals surface area (Å²) in [6.07, 6.45) is -7.43. The van der Waals surface area contributed by atoms with Gasteiger partial charge in [-0.15, -0.1) is 0 Å². The zero-order valence-electron chi connectivity index (χ0n) is 32.0. The zero-order chi connectivity index (χ0) is 38.6. The fourth-order valence-electron chi connectivity index (χ4n) is 7.73. The number of hydrogen-bond donors (Lipinski definition) is 3. The van der Waals surface area contributed by atoms with Crippen LogP contribution in [0.4, 0.5) is 0 Å². The number of esters is 1. The maximum absolute atomic E-state index is 14.0. The Hall–Kier alpha value is -2.01. The number of nitrogens with zero attached hydrogens (tertiary/aromatic N) is 1. The molecule has 13 nitrogen and oxygen atoms in total. The molecule has 1 aromatic carbocycles. The van der Waals surface area contributed by atoms with Crippen LogP contribution in [0.2, 0.25) is 0 Å². The van der Waals surface area contributed by atoms with Gasteiger partial charge in [-0.25, -0.2) is 0 Å². The number of carbonyl (C=O) groups excluding carboxylic acids is 2. The van der Waals surface area contributed by atoms with Gasteiger partial charge in [0.2, 0.25) is 0 Å². The van der Waals surface area contributed by atoms with Gasteiger partial charge in [0.15, 0.2) is 6.29 Å². The number of methoxy groups -OCH3 is 1. The second-order valence-corrected chi connectivity index (χ2v) is 16.9. The molecule has 14 heteroatoms. The summed E-state index contributed by atoms with van der Waals surface area (Å²) in [5.41, 5.74) is -2.94. The highest BCUT2D eigenvalue weighted by atomic mass is 32.2. The van der Waals surface area contributed by atoms with E-state index in [9.17, 15) is 33.3 Å². The molecule has 2 fully saturated rings. The first-order chi connectivity index (χ1) is 23.6. The third kappa shape index (κ3) is 10.2. The molecular weight excluding hydrogens is 682 g/mol. The second kappa shape index (κ2) is 17.4. The van der Waals surface area contributed by atoms with Crippen LogP contribution in [-0.4, -0.2) is 122 Å². The van der Waals surface area contributed by atoms with Crippen molar-refractivity contribution in [2.45, 2.75) is 141 Å². The lowest BCUT2D eigenvalue weighted by Gasteiger charge is -2.48. The number of rotatable bonds is 9. The van der Waals surface area contributed by atoms with Gasteiger partial charge in [-0.2, -0.15) is 8.42 Å². The summed E-state index contributed by atoms with van der Waals surface area (Å²) in [4.78, 5) is 29.8. The van der Waals surface area contributed by atoms with Crippen molar-refractivity contribution in [1.29, 1.82) is 0 Å². The number of ketones is 1. The van der Waals surface area contributed by atoms with Crippen molar-refractivity contribution < 1.29 is 56.5 Å². The van der Waals surface area contributed by atoms with Crippen molar-refractivity contribution in [2.24, 2.45) is 23.7 Å². The summed E-state index contributed by atoms with van der Waals surface area (Å²) in [5, 5.41) is 34.4. The first-order valence-corrected chi connectivity index (χ1v) is 19.5. The molecule has 51 heavy (non-hydrogen) atoms. The molecule has 14 atom stereocenters. The van der Waals surface area contributed by atoms with Gasteiger partial charge in [0.25, 0.3) is 10.1 Å². The highest BCUT2D eigenvalue weighted by Crippen LogP contribution is 2.40. The van der Waals surface area contributed by atoms with Crippen LogP contribution < -0.4 is 0 Å². The molecule has 2 aliphatic rings. The molecule has 3 N–H and O–H groups in total. The van der Waals surface area contributed by atoms with E-state index in [-0.39, 0.29) is 30.8 Å². The lowest BCUT2D eigenvalue weighted by Crippen LogP contribution is -2.60. The molecule has 0 amide bonds. The van der Waals surface area contributed by atoms with E-state index in [0.29, 0.717) is 12.0 Å². The highest BCUT2D eigenvalue weighted by Gasteiger charge is 2.53. The monoisotopic (exact) mass is 743 g/mol. The Morgan fingerprint density at radius 2 is 1.61 bits per heavy atom. The van der Waals surface area contributed by atoms with Crippen LogP contribution in [0.1, 0.15) is 80.2 Å². The van der Waals surface area contributed by atoms with E-state index in [4.69, 9.17) is 23.1 Å². The summed E-state index contributed by atoms with van der Waals surface area (Å²) in [5.74, 6) is -5.81. The Morgan fingerprint density at radius 1 is 1.00 bits per heavy atom. The molecule has 2 aliphatic heterocycles. The molecule has 0 radical (unpaired) electrons. The minimum atomic E-state index is -4.35. The Bertz CT molecular complexity index is 1410. The van der Waals surface area contributed by atoms with E-state index < -0.39 is 93.5 Å². The van der Waals surface area contributed by atoms with Crippen molar-refractivity contribution in [1.82, 2.24) is 4.90 Å². The average Bonchev–Trinajstić information content (AvgIpc) is 3.07. The van der Waals surface area contributed by atoms with Crippen LogP contribution in [0.5, 0.6) is 0 Å². The largest absolute Gasteiger partial charge is 0.459 e. The molecule has 2 unspecified atom stereocenters. The molecule has 0 aliphatic carbocycles. The lowest BCUT2D eigenvalue weighted by atomic mass is 9.74. The number of aliphatic hydroxyl groups excluding tert-OH is 2. The molecule has 2 heterocycles. The summed E-state index contributed by atoms with van der Waals surface area (Å²) in [6.45, 7) is 12.9. The molecule has 2 saturated heterocycles. The second-order valence-electron chi connectivity index (χ2n) is 15.3. The van der Waals surface area contributed by atoms with Gasteiger partial charge in [-0.3, -0.25) is 13.8 Å². The van der Waals surface area contributed by atoms with Gasteiger partial charge in [0.1, 0.15) is 29.3 Å². The van der Waals surface area contributed by atoms with Crippen LogP contribution in [0.15, 0.2) is 30.3 Å². The number of cyclic esters (lactones) is 1. The standard InChI is InChI=1S/C37H61NO12S/c1-12-28-37(8,43)32(41)23(4)29(39)21(2)19-36(7,46-11)33(49-35-30(40)27(38(9)10)18-22(3)47-35)24(5)31(25(6)34(42)48-28)50-51(44,45)20-26-16-14-13-15-17-26/h13-17,21-25,27-28,30-33,35,40-41,43H,12,18-20H2,1-11H3/t21-,22-,23+,24+,25-,27+,28?,30-,31?,32-,33-,35+,36-,37-/m1/s1. The Morgan fingerprint density at radius 3 is 2.16 bits per heavy atom. The minimum Gasteiger partial charge on any atom is -0.459 e. The number of benzene rings is 1. The van der Waals surface area contributed by atoms with Crippen molar-refractivity contribution >= 4 is 21.9 Å². The average molecular weight is 744 g/mol. The molecule has 1 aromatic rings. The fraction of sp³-hybridized carbons (Fsp3) is 0.784. The van der Waals surface area contributed by atoms with Crippen molar-refractivity contribution in [2.75, 3.05) is 21.2 Å². The summed E-state index contributed by atoms with van der Waals surface area (Å²) >= 11 is 0. The fourth-order valence-corrected chi connectivity index (χ4v) is 9.08. The van der Waals surface area contributed by atoms with E-state index in [2.05, 4.69) is 0 Å². The van der Waals surface area contributed by atoms with Gasteiger partial charge >= 0.3 is 5.97 Å². The Balaban J connectivity index is 2.23. The van der Waals surface area contributed by atoms with E-state index in [1.807, 2.05) is 25.9 Å². The van der Waals surface area contributed by atoms with Crippen LogP contribution in [0, 0.1) is 23.7 Å². The predicted molar refractivity (Wildman–Crippen MR) is 190 cm³/mol. The molecular formula is C37H61NO12S. The van der Waals surface area contributed by atoms with E-state index in [0.717, 1.165) is 0 Å². The first kappa shape index (κ1) is 43.4. The van der Waals surface area contributed by atoms with Gasteiger partial charge in [0, 0.05) is 30.9 Å². The number of likely N-dealkylation sites (N-methyl/N-ethyl adjacent to an activating group) is 1. The van der Waals surface area contributed by atoms with Crippen LogP contribution in [0.3, 0.4) is 0 Å². The Kier molecular flexibility index (Phi) is 14.8. The molecule has 0 aromatic heterocycles. The van der Waals surface area contributed by atoms with Gasteiger partial charge < -0.3 is 39.2 Å². The van der Waals surface area contributed by atoms with Crippen molar-refractivity contribution in [3.05, 3.63) is 35.9 Å². The van der Waals surface area contributed by atoms with Crippen molar-refractivity contribution in [3.63, 3.8) is 0 Å². The highest BCUT2D eigenvalue weighted by molar-refractivity contribution is 7.85. The maximum Gasteiger partial charge on any atom is 0.311 e. The molecule has 0 bridgehead atoms. The maximum atomic E-state index is 14.0. The van der Waals surface area contributed by atoms with E-state index in [1.54, 1.807) is 58.0 Å². The van der Waals surface area contributed by atoms with Crippen LogP contribution in [0.25, 0.3) is 0 Å². The third-order valence-corrected chi connectivity index (χ3v) is 12.1. The van der Waals surface area contributed by atoms with Crippen LogP contribution >= 0.6 is 0 Å². The number of hydrogen-bond acceptors (Lipinski definition) is 13. The van der Waals surface area contributed by atoms with E-state index >= 15 is 0 Å². The normalized spacial score (nSPS) is 40.8. The van der Waals surface area contributed by atoms with Gasteiger partial charge in [-0.1, -0.05) is 58.0 Å². The molecule has 3 rings (SSSR count).